The van der Waals surface area contributed by atoms with Gasteiger partial charge >= 0.3 is 5.97 Å². The summed E-state index contributed by atoms with van der Waals surface area (Å²) in [5.74, 6) is -0.474. The van der Waals surface area contributed by atoms with E-state index in [1.165, 1.54) is 0 Å². The van der Waals surface area contributed by atoms with Crippen LogP contribution in [0, 0.1) is 0 Å². The smallest absolute Gasteiger partial charge is 0.307 e. The van der Waals surface area contributed by atoms with E-state index in [1.807, 2.05) is 12.1 Å². The van der Waals surface area contributed by atoms with Crippen LogP contribution in [0.3, 0.4) is 0 Å². The molecule has 0 aliphatic rings. The van der Waals surface area contributed by atoms with Gasteiger partial charge in [0.1, 0.15) is 0 Å². The second-order valence-electron chi connectivity index (χ2n) is 4.41. The third-order valence-electron chi connectivity index (χ3n) is 2.33. The van der Waals surface area contributed by atoms with Crippen molar-refractivity contribution < 1.29 is 14.3 Å². The zero-order valence-electron chi connectivity index (χ0n) is 11.1. The molecule has 4 nitrogen and oxygen atoms in total. The normalized spacial score (nSPS) is 10.3. The third kappa shape index (κ3) is 6.25. The Labute approximate surface area is 118 Å². The first-order valence-corrected chi connectivity index (χ1v) is 6.56. The highest BCUT2D eigenvalue weighted by Crippen LogP contribution is 2.15. The van der Waals surface area contributed by atoms with E-state index >= 15 is 0 Å². The molecule has 1 aromatic carbocycles. The monoisotopic (exact) mass is 283 g/mol. The van der Waals surface area contributed by atoms with Crippen molar-refractivity contribution in [1.82, 2.24) is 5.32 Å². The van der Waals surface area contributed by atoms with Gasteiger partial charge in [0.05, 0.1) is 18.9 Å². The maximum atomic E-state index is 11.6. The minimum Gasteiger partial charge on any atom is -0.463 e. The van der Waals surface area contributed by atoms with E-state index in [1.54, 1.807) is 26.0 Å². The molecule has 0 bridgehead atoms. The summed E-state index contributed by atoms with van der Waals surface area (Å²) in [4.78, 5) is 22.9. The zero-order chi connectivity index (χ0) is 14.3. The van der Waals surface area contributed by atoms with Gasteiger partial charge in [-0.3, -0.25) is 9.59 Å². The number of halogens is 1. The first-order chi connectivity index (χ1) is 8.99. The Morgan fingerprint density at radius 1 is 1.32 bits per heavy atom. The van der Waals surface area contributed by atoms with Crippen molar-refractivity contribution in [3.05, 3.63) is 34.9 Å². The Bertz CT molecular complexity index is 446. The van der Waals surface area contributed by atoms with Gasteiger partial charge in [0.2, 0.25) is 5.91 Å². The minimum atomic E-state index is -0.312. The summed E-state index contributed by atoms with van der Waals surface area (Å²) in [6.45, 7) is 3.84. The van der Waals surface area contributed by atoms with Crippen LogP contribution in [0.1, 0.15) is 25.8 Å². The molecule has 0 heterocycles. The van der Waals surface area contributed by atoms with Gasteiger partial charge in [-0.2, -0.15) is 0 Å². The molecular weight excluding hydrogens is 266 g/mol. The van der Waals surface area contributed by atoms with Gasteiger partial charge in [-0.05, 0) is 25.5 Å². The SMILES string of the molecule is CC(C)OC(=O)CCNC(=O)Cc1ccccc1Cl. The van der Waals surface area contributed by atoms with Crippen molar-refractivity contribution in [2.75, 3.05) is 6.54 Å². The Kier molecular flexibility index (Phi) is 6.36. The van der Waals surface area contributed by atoms with Crippen molar-refractivity contribution in [2.45, 2.75) is 32.8 Å². The standard InChI is InChI=1S/C14H18ClNO3/c1-10(2)19-14(18)7-8-16-13(17)9-11-5-3-4-6-12(11)15/h3-6,10H,7-9H2,1-2H3,(H,16,17). The molecule has 0 spiro atoms. The number of nitrogens with one attached hydrogen (secondary N) is 1. The highest BCUT2D eigenvalue weighted by atomic mass is 35.5. The van der Waals surface area contributed by atoms with Crippen LogP contribution < -0.4 is 5.32 Å². The number of hydrogen-bond acceptors (Lipinski definition) is 3. The first kappa shape index (κ1) is 15.5. The zero-order valence-corrected chi connectivity index (χ0v) is 11.9. The summed E-state index contributed by atoms with van der Waals surface area (Å²) in [7, 11) is 0. The maximum absolute atomic E-state index is 11.6. The highest BCUT2D eigenvalue weighted by Gasteiger charge is 2.08. The average Bonchev–Trinajstić information content (AvgIpc) is 2.31. The Hall–Kier alpha value is -1.55. The van der Waals surface area contributed by atoms with Crippen LogP contribution in [0.15, 0.2) is 24.3 Å². The summed E-state index contributed by atoms with van der Waals surface area (Å²) >= 11 is 5.96. The van der Waals surface area contributed by atoms with Gasteiger partial charge < -0.3 is 10.1 Å². The van der Waals surface area contributed by atoms with Crippen LogP contribution >= 0.6 is 11.6 Å². The fraction of sp³-hybridized carbons (Fsp3) is 0.429. The van der Waals surface area contributed by atoms with Gasteiger partial charge in [-0.15, -0.1) is 0 Å². The lowest BCUT2D eigenvalue weighted by Crippen LogP contribution is -2.28. The number of benzene rings is 1. The van der Waals surface area contributed by atoms with E-state index in [4.69, 9.17) is 16.3 Å². The molecule has 0 radical (unpaired) electrons. The molecule has 0 atom stereocenters. The van der Waals surface area contributed by atoms with Gasteiger partial charge in [-0.1, -0.05) is 29.8 Å². The molecule has 0 aliphatic heterocycles. The minimum absolute atomic E-state index is 0.133. The topological polar surface area (TPSA) is 55.4 Å². The molecule has 0 saturated carbocycles. The second kappa shape index (κ2) is 7.79. The van der Waals surface area contributed by atoms with Crippen molar-refractivity contribution in [3.8, 4) is 0 Å². The summed E-state index contributed by atoms with van der Waals surface area (Å²) in [6.07, 6.45) is 0.247. The molecule has 5 heteroatoms. The van der Waals surface area contributed by atoms with E-state index < -0.39 is 0 Å². The molecule has 0 fully saturated rings. The molecule has 0 unspecified atom stereocenters. The quantitative estimate of drug-likeness (QED) is 0.815. The van der Waals surface area contributed by atoms with Crippen LogP contribution in [0.5, 0.6) is 0 Å². The van der Waals surface area contributed by atoms with Crippen molar-refractivity contribution in [2.24, 2.45) is 0 Å². The van der Waals surface area contributed by atoms with E-state index in [2.05, 4.69) is 5.32 Å². The molecule has 1 aromatic rings. The maximum Gasteiger partial charge on any atom is 0.307 e. The number of esters is 1. The largest absolute Gasteiger partial charge is 0.463 e. The summed E-state index contributed by atoms with van der Waals surface area (Å²) < 4.78 is 4.96. The molecule has 104 valence electrons. The lowest BCUT2D eigenvalue weighted by atomic mass is 10.1. The first-order valence-electron chi connectivity index (χ1n) is 6.18. The van der Waals surface area contributed by atoms with E-state index in [0.717, 1.165) is 5.56 Å². The van der Waals surface area contributed by atoms with Crippen LogP contribution in [0.2, 0.25) is 5.02 Å². The third-order valence-corrected chi connectivity index (χ3v) is 2.70. The lowest BCUT2D eigenvalue weighted by molar-refractivity contribution is -0.147. The van der Waals surface area contributed by atoms with Crippen LogP contribution in [-0.4, -0.2) is 24.5 Å². The van der Waals surface area contributed by atoms with Gasteiger partial charge in [-0.25, -0.2) is 0 Å². The van der Waals surface area contributed by atoms with E-state index in [0.29, 0.717) is 5.02 Å². The van der Waals surface area contributed by atoms with Crippen molar-refractivity contribution >= 4 is 23.5 Å². The highest BCUT2D eigenvalue weighted by molar-refractivity contribution is 6.31. The molecule has 0 aliphatic carbocycles. The molecular formula is C14H18ClNO3. The van der Waals surface area contributed by atoms with E-state index in [-0.39, 0.29) is 37.4 Å². The molecule has 0 saturated heterocycles. The molecule has 0 aromatic heterocycles. The number of carbonyl (C=O) groups is 2. The van der Waals surface area contributed by atoms with Gasteiger partial charge in [0, 0.05) is 11.6 Å². The summed E-state index contributed by atoms with van der Waals surface area (Å²) in [6, 6.07) is 7.18. The Morgan fingerprint density at radius 2 is 2.00 bits per heavy atom. The van der Waals surface area contributed by atoms with Gasteiger partial charge in [0.15, 0.2) is 0 Å². The fourth-order valence-electron chi connectivity index (χ4n) is 1.50. The number of hydrogen-bond donors (Lipinski definition) is 1. The Morgan fingerprint density at radius 3 is 2.63 bits per heavy atom. The Balaban J connectivity index is 2.29. The predicted octanol–water partition coefficient (Wildman–Crippen LogP) is 2.34. The molecule has 1 N–H and O–H groups in total. The van der Waals surface area contributed by atoms with Crippen molar-refractivity contribution in [1.29, 1.82) is 0 Å². The number of amides is 1. The summed E-state index contributed by atoms with van der Waals surface area (Å²) in [5, 5.41) is 3.23. The number of rotatable bonds is 6. The van der Waals surface area contributed by atoms with Crippen LogP contribution in [-0.2, 0) is 20.7 Å². The molecule has 19 heavy (non-hydrogen) atoms. The van der Waals surface area contributed by atoms with Crippen LogP contribution in [0.25, 0.3) is 0 Å². The average molecular weight is 284 g/mol. The summed E-state index contributed by atoms with van der Waals surface area (Å²) in [5.41, 5.74) is 0.770. The second-order valence-corrected chi connectivity index (χ2v) is 4.81. The van der Waals surface area contributed by atoms with Crippen molar-refractivity contribution in [3.63, 3.8) is 0 Å². The predicted molar refractivity (Wildman–Crippen MR) is 74.0 cm³/mol. The van der Waals surface area contributed by atoms with Gasteiger partial charge in [0.25, 0.3) is 0 Å². The fourth-order valence-corrected chi connectivity index (χ4v) is 1.71. The number of ether oxygens (including phenoxy) is 1. The molecule has 1 rings (SSSR count). The van der Waals surface area contributed by atoms with Crippen LogP contribution in [0.4, 0.5) is 0 Å². The van der Waals surface area contributed by atoms with E-state index in [9.17, 15) is 9.59 Å². The molecule has 1 amide bonds. The lowest BCUT2D eigenvalue weighted by Gasteiger charge is -2.09. The number of carbonyl (C=O) groups excluding carboxylic acids is 2.